The molecule has 2 heterocycles. The first-order valence-electron chi connectivity index (χ1n) is 10.6. The van der Waals surface area contributed by atoms with Crippen LogP contribution in [0.1, 0.15) is 26.3 Å². The van der Waals surface area contributed by atoms with Crippen molar-refractivity contribution in [1.82, 2.24) is 19.9 Å². The van der Waals surface area contributed by atoms with Crippen LogP contribution in [0.2, 0.25) is 0 Å². The molecule has 2 aromatic heterocycles. The molecule has 0 bridgehead atoms. The van der Waals surface area contributed by atoms with Crippen LogP contribution in [0, 0.1) is 0 Å². The van der Waals surface area contributed by atoms with Crippen molar-refractivity contribution < 1.29 is 14.3 Å². The number of nitrogens with zero attached hydrogens (tertiary/aromatic N) is 3. The zero-order valence-electron chi connectivity index (χ0n) is 19.1. The van der Waals surface area contributed by atoms with E-state index in [1.807, 2.05) is 79.9 Å². The molecule has 0 aliphatic rings. The third-order valence-corrected chi connectivity index (χ3v) is 4.97. The molecule has 0 saturated heterocycles. The number of carbonyl (C=O) groups is 1. The van der Waals surface area contributed by atoms with Crippen molar-refractivity contribution in [2.45, 2.75) is 32.9 Å². The van der Waals surface area contributed by atoms with Crippen LogP contribution in [0.3, 0.4) is 0 Å². The van der Waals surface area contributed by atoms with E-state index in [9.17, 15) is 4.79 Å². The Morgan fingerprint density at radius 3 is 2.55 bits per heavy atom. The Balaban J connectivity index is 1.70. The van der Waals surface area contributed by atoms with E-state index < -0.39 is 11.7 Å². The second-order valence-electron chi connectivity index (χ2n) is 8.58. The number of methoxy groups -OCH3 is 1. The van der Waals surface area contributed by atoms with Crippen molar-refractivity contribution in [1.29, 1.82) is 0 Å². The van der Waals surface area contributed by atoms with Crippen molar-refractivity contribution in [2.24, 2.45) is 0 Å². The smallest absolute Gasteiger partial charge is 0.407 e. The Bertz CT molecular complexity index is 1290. The lowest BCUT2D eigenvalue weighted by Gasteiger charge is -2.19. The number of rotatable bonds is 5. The minimum atomic E-state index is -0.540. The van der Waals surface area contributed by atoms with Crippen LogP contribution in [0.4, 0.5) is 10.6 Å². The summed E-state index contributed by atoms with van der Waals surface area (Å²) < 4.78 is 12.7. The number of nitrogens with one attached hydrogen (secondary N) is 1. The third-order valence-electron chi connectivity index (χ3n) is 4.97. The van der Waals surface area contributed by atoms with Crippen LogP contribution in [-0.2, 0) is 11.3 Å². The third kappa shape index (κ3) is 4.90. The fraction of sp³-hybridized carbons (Fsp3) is 0.240. The van der Waals surface area contributed by atoms with Gasteiger partial charge >= 0.3 is 6.09 Å². The Morgan fingerprint density at radius 1 is 1.12 bits per heavy atom. The van der Waals surface area contributed by atoms with Crippen molar-refractivity contribution >= 4 is 22.9 Å². The second-order valence-corrected chi connectivity index (χ2v) is 8.58. The number of nitrogens with two attached hydrogens (primary N) is 1. The van der Waals surface area contributed by atoms with E-state index in [0.717, 1.165) is 33.6 Å². The summed E-state index contributed by atoms with van der Waals surface area (Å²) in [5.74, 6) is 1.82. The molecule has 0 atom stereocenters. The van der Waals surface area contributed by atoms with Gasteiger partial charge in [0.2, 0.25) is 0 Å². The average Bonchev–Trinajstić information content (AvgIpc) is 3.15. The quantitative estimate of drug-likeness (QED) is 0.461. The van der Waals surface area contributed by atoms with E-state index >= 15 is 0 Å². The molecule has 4 aromatic rings. The number of alkyl carbamates (subject to hydrolysis) is 1. The van der Waals surface area contributed by atoms with Crippen molar-refractivity contribution in [3.63, 3.8) is 0 Å². The van der Waals surface area contributed by atoms with Crippen LogP contribution in [0.5, 0.6) is 5.75 Å². The molecular formula is C25H27N5O3. The van der Waals surface area contributed by atoms with E-state index in [1.54, 1.807) is 13.3 Å². The number of nitrogen functional groups attached to an aromatic ring is 1. The lowest BCUT2D eigenvalue weighted by molar-refractivity contribution is 0.0523. The van der Waals surface area contributed by atoms with Gasteiger partial charge in [0.1, 0.15) is 23.0 Å². The Hall–Kier alpha value is -4.07. The predicted octanol–water partition coefficient (Wildman–Crippen LogP) is 4.70. The van der Waals surface area contributed by atoms with Gasteiger partial charge in [-0.15, -0.1) is 0 Å². The molecule has 4 rings (SSSR count). The molecule has 8 nitrogen and oxygen atoms in total. The number of ether oxygens (including phenoxy) is 2. The molecule has 2 aromatic carbocycles. The summed E-state index contributed by atoms with van der Waals surface area (Å²) >= 11 is 0. The normalized spacial score (nSPS) is 11.4. The van der Waals surface area contributed by atoms with Crippen LogP contribution in [-0.4, -0.2) is 33.3 Å². The highest BCUT2D eigenvalue weighted by Crippen LogP contribution is 2.32. The standard InChI is InChI=1S/C25H27N5O3/c1-25(2,3)33-24(31)28-15-16-7-9-17(10-8-16)30-21-14-18(32-4)11-12-20(21)29-23(30)19-6-5-13-27-22(19)26/h5-14H,15H2,1-4H3,(H2,26,27)(H,28,31). The van der Waals surface area contributed by atoms with E-state index in [1.165, 1.54) is 0 Å². The topological polar surface area (TPSA) is 104 Å². The fourth-order valence-electron chi connectivity index (χ4n) is 3.48. The zero-order valence-corrected chi connectivity index (χ0v) is 19.1. The first kappa shape index (κ1) is 22.1. The van der Waals surface area contributed by atoms with Gasteiger partial charge < -0.3 is 20.5 Å². The van der Waals surface area contributed by atoms with Crippen LogP contribution < -0.4 is 15.8 Å². The fourth-order valence-corrected chi connectivity index (χ4v) is 3.48. The minimum Gasteiger partial charge on any atom is -0.497 e. The predicted molar refractivity (Wildman–Crippen MR) is 128 cm³/mol. The van der Waals surface area contributed by atoms with Crippen LogP contribution in [0.15, 0.2) is 60.8 Å². The first-order chi connectivity index (χ1) is 15.7. The Labute approximate surface area is 192 Å². The summed E-state index contributed by atoms with van der Waals surface area (Å²) in [4.78, 5) is 21.0. The molecule has 0 aliphatic carbocycles. The lowest BCUT2D eigenvalue weighted by atomic mass is 10.2. The van der Waals surface area contributed by atoms with E-state index in [2.05, 4.69) is 10.3 Å². The van der Waals surface area contributed by atoms with Crippen molar-refractivity contribution in [3.8, 4) is 22.8 Å². The number of pyridine rings is 1. The number of imidazole rings is 1. The van der Waals surface area contributed by atoms with Crippen LogP contribution >= 0.6 is 0 Å². The number of benzene rings is 2. The first-order valence-corrected chi connectivity index (χ1v) is 10.6. The molecule has 0 unspecified atom stereocenters. The largest absolute Gasteiger partial charge is 0.497 e. The molecule has 33 heavy (non-hydrogen) atoms. The Kier molecular flexibility index (Phi) is 5.91. The van der Waals surface area contributed by atoms with E-state index in [-0.39, 0.29) is 0 Å². The SMILES string of the molecule is COc1ccc2nc(-c3cccnc3N)n(-c3ccc(CNC(=O)OC(C)(C)C)cc3)c2c1. The number of hydrogen-bond acceptors (Lipinski definition) is 6. The maximum Gasteiger partial charge on any atom is 0.407 e. The summed E-state index contributed by atoms with van der Waals surface area (Å²) in [5.41, 5.74) is 9.90. The molecule has 170 valence electrons. The maximum atomic E-state index is 12.0. The van der Waals surface area contributed by atoms with Gasteiger partial charge in [-0.25, -0.2) is 14.8 Å². The Morgan fingerprint density at radius 2 is 1.88 bits per heavy atom. The maximum absolute atomic E-state index is 12.0. The molecule has 0 spiro atoms. The number of fused-ring (bicyclic) bond motifs is 1. The van der Waals surface area contributed by atoms with E-state index in [4.69, 9.17) is 20.2 Å². The number of amides is 1. The van der Waals surface area contributed by atoms with Crippen molar-refractivity contribution in [2.75, 3.05) is 12.8 Å². The molecule has 3 N–H and O–H groups in total. The van der Waals surface area contributed by atoms with Gasteiger partial charge in [-0.05, 0) is 62.7 Å². The van der Waals surface area contributed by atoms with Gasteiger partial charge in [0.05, 0.1) is 23.7 Å². The second kappa shape index (κ2) is 8.82. The molecule has 0 saturated carbocycles. The summed E-state index contributed by atoms with van der Waals surface area (Å²) in [6.45, 7) is 5.85. The average molecular weight is 446 g/mol. The van der Waals surface area contributed by atoms with E-state index in [0.29, 0.717) is 18.2 Å². The number of aromatic nitrogens is 3. The van der Waals surface area contributed by atoms with Gasteiger partial charge in [-0.2, -0.15) is 0 Å². The number of hydrogen-bond donors (Lipinski definition) is 2. The highest BCUT2D eigenvalue weighted by molar-refractivity contribution is 5.86. The van der Waals surface area contributed by atoms with Gasteiger partial charge in [0, 0.05) is 24.5 Å². The van der Waals surface area contributed by atoms with Gasteiger partial charge in [-0.1, -0.05) is 12.1 Å². The summed E-state index contributed by atoms with van der Waals surface area (Å²) in [6.07, 6.45) is 1.20. The minimum absolute atomic E-state index is 0.357. The molecule has 0 fully saturated rings. The van der Waals surface area contributed by atoms with Gasteiger partial charge in [-0.3, -0.25) is 4.57 Å². The molecular weight excluding hydrogens is 418 g/mol. The summed E-state index contributed by atoms with van der Waals surface area (Å²) in [6, 6.07) is 17.3. The number of carbonyl (C=O) groups excluding carboxylic acids is 1. The highest BCUT2D eigenvalue weighted by atomic mass is 16.6. The monoisotopic (exact) mass is 445 g/mol. The molecule has 8 heteroatoms. The zero-order chi connectivity index (χ0) is 23.6. The molecule has 0 aliphatic heterocycles. The number of anilines is 1. The van der Waals surface area contributed by atoms with Gasteiger partial charge in [0.25, 0.3) is 0 Å². The molecule has 1 amide bonds. The lowest BCUT2D eigenvalue weighted by Crippen LogP contribution is -2.32. The summed E-state index contributed by atoms with van der Waals surface area (Å²) in [5, 5.41) is 2.78. The summed E-state index contributed by atoms with van der Waals surface area (Å²) in [7, 11) is 1.63. The van der Waals surface area contributed by atoms with Crippen molar-refractivity contribution in [3.05, 3.63) is 66.4 Å². The van der Waals surface area contributed by atoms with Crippen LogP contribution in [0.25, 0.3) is 28.1 Å². The highest BCUT2D eigenvalue weighted by Gasteiger charge is 2.18. The van der Waals surface area contributed by atoms with Gasteiger partial charge in [0.15, 0.2) is 0 Å². The molecule has 0 radical (unpaired) electrons.